The molecule has 1 aromatic heterocycles. The van der Waals surface area contributed by atoms with Crippen LogP contribution in [0.15, 0.2) is 48.7 Å². The first-order valence-electron chi connectivity index (χ1n) is 10.5. The zero-order valence-electron chi connectivity index (χ0n) is 19.3. The van der Waals surface area contributed by atoms with Crippen molar-refractivity contribution in [1.82, 2.24) is 14.7 Å². The highest BCUT2D eigenvalue weighted by Crippen LogP contribution is 2.35. The zero-order valence-corrected chi connectivity index (χ0v) is 19.3. The van der Waals surface area contributed by atoms with Gasteiger partial charge in [0.1, 0.15) is 16.9 Å². The fourth-order valence-electron chi connectivity index (χ4n) is 3.45. The van der Waals surface area contributed by atoms with Gasteiger partial charge in [-0.05, 0) is 26.0 Å². The normalized spacial score (nSPS) is 10.5. The summed E-state index contributed by atoms with van der Waals surface area (Å²) in [5.74, 6) is -0.785. The molecule has 0 aliphatic rings. The lowest BCUT2D eigenvalue weighted by atomic mass is 10.1. The molecule has 2 amide bonds. The van der Waals surface area contributed by atoms with Crippen molar-refractivity contribution < 1.29 is 24.0 Å². The highest BCUT2D eigenvalue weighted by molar-refractivity contribution is 6.10. The van der Waals surface area contributed by atoms with Crippen molar-refractivity contribution in [3.05, 3.63) is 69.9 Å². The van der Waals surface area contributed by atoms with Gasteiger partial charge in [0.25, 0.3) is 17.5 Å². The number of ether oxygens (including phenoxy) is 2. The Labute approximate surface area is 196 Å². The Hall–Kier alpha value is -4.41. The molecule has 0 atom stereocenters. The first-order valence-corrected chi connectivity index (χ1v) is 10.5. The Morgan fingerprint density at radius 1 is 1.06 bits per heavy atom. The lowest BCUT2D eigenvalue weighted by Crippen LogP contribution is -2.31. The van der Waals surface area contributed by atoms with Gasteiger partial charge in [0.2, 0.25) is 0 Å². The SMILES string of the molecule is CCN(CC)C(=O)c1cnn(-c2ccccc2)c1NC(=O)c1cc(OC)c(OC)cc1[N+](=O)[O-]. The van der Waals surface area contributed by atoms with Crippen molar-refractivity contribution in [2.24, 2.45) is 0 Å². The standard InChI is InChI=1S/C23H25N5O6/c1-5-26(6-2)23(30)17-14-24-27(15-10-8-7-9-11-15)21(17)25-22(29)16-12-19(33-3)20(34-4)13-18(16)28(31)32/h7-14H,5-6H2,1-4H3,(H,25,29). The molecule has 0 saturated heterocycles. The lowest BCUT2D eigenvalue weighted by molar-refractivity contribution is -0.385. The molecule has 3 rings (SSSR count). The fraction of sp³-hybridized carbons (Fsp3) is 0.261. The first kappa shape index (κ1) is 24.2. The molecule has 34 heavy (non-hydrogen) atoms. The number of rotatable bonds is 9. The molecule has 3 aromatic rings. The molecule has 11 nitrogen and oxygen atoms in total. The van der Waals surface area contributed by atoms with Crippen LogP contribution in [0, 0.1) is 10.1 Å². The molecule has 2 aromatic carbocycles. The summed E-state index contributed by atoms with van der Waals surface area (Å²) in [7, 11) is 2.70. The Morgan fingerprint density at radius 2 is 1.68 bits per heavy atom. The number of nitrogens with zero attached hydrogens (tertiary/aromatic N) is 4. The quantitative estimate of drug-likeness (QED) is 0.376. The minimum Gasteiger partial charge on any atom is -0.493 e. The van der Waals surface area contributed by atoms with Gasteiger partial charge in [-0.1, -0.05) is 18.2 Å². The molecule has 178 valence electrons. The van der Waals surface area contributed by atoms with E-state index in [1.807, 2.05) is 19.9 Å². The van der Waals surface area contributed by atoms with Crippen LogP contribution in [-0.2, 0) is 0 Å². The van der Waals surface area contributed by atoms with Crippen LogP contribution in [0.4, 0.5) is 11.5 Å². The predicted octanol–water partition coefficient (Wildman–Crippen LogP) is 3.53. The maximum Gasteiger partial charge on any atom is 0.286 e. The molecule has 1 heterocycles. The maximum atomic E-state index is 13.3. The van der Waals surface area contributed by atoms with Crippen LogP contribution in [0.1, 0.15) is 34.6 Å². The summed E-state index contributed by atoms with van der Waals surface area (Å²) in [6.07, 6.45) is 1.37. The molecule has 0 radical (unpaired) electrons. The number of hydrogen-bond acceptors (Lipinski definition) is 7. The van der Waals surface area contributed by atoms with Crippen LogP contribution in [-0.4, -0.2) is 58.7 Å². The average molecular weight is 467 g/mol. The summed E-state index contributed by atoms with van der Waals surface area (Å²) in [6.45, 7) is 4.60. The zero-order chi connectivity index (χ0) is 24.8. The first-order chi connectivity index (χ1) is 16.4. The van der Waals surface area contributed by atoms with Gasteiger partial charge in [0.15, 0.2) is 11.5 Å². The number of benzene rings is 2. The summed E-state index contributed by atoms with van der Waals surface area (Å²) < 4.78 is 11.7. The van der Waals surface area contributed by atoms with E-state index in [-0.39, 0.29) is 34.4 Å². The molecular weight excluding hydrogens is 442 g/mol. The number of aromatic nitrogens is 2. The number of amides is 2. The van der Waals surface area contributed by atoms with Crippen LogP contribution in [0.5, 0.6) is 11.5 Å². The number of carbonyl (C=O) groups excluding carboxylic acids is 2. The summed E-state index contributed by atoms with van der Waals surface area (Å²) in [5, 5.41) is 18.6. The second-order valence-corrected chi connectivity index (χ2v) is 7.07. The van der Waals surface area contributed by atoms with E-state index in [0.717, 1.165) is 6.07 Å². The van der Waals surface area contributed by atoms with Crippen LogP contribution in [0.2, 0.25) is 0 Å². The van der Waals surface area contributed by atoms with Crippen molar-refractivity contribution in [1.29, 1.82) is 0 Å². The summed E-state index contributed by atoms with van der Waals surface area (Å²) in [5.41, 5.74) is 0.0180. The van der Waals surface area contributed by atoms with Gasteiger partial charge in [-0.2, -0.15) is 5.10 Å². The molecule has 0 bridgehead atoms. The summed E-state index contributed by atoms with van der Waals surface area (Å²) >= 11 is 0. The lowest BCUT2D eigenvalue weighted by Gasteiger charge is -2.19. The second kappa shape index (κ2) is 10.5. The third-order valence-electron chi connectivity index (χ3n) is 5.23. The predicted molar refractivity (Wildman–Crippen MR) is 125 cm³/mol. The maximum absolute atomic E-state index is 13.3. The molecule has 0 saturated carbocycles. The molecule has 0 aliphatic carbocycles. The van der Waals surface area contributed by atoms with Crippen molar-refractivity contribution in [2.75, 3.05) is 32.6 Å². The minimum absolute atomic E-state index is 0.0946. The van der Waals surface area contributed by atoms with Gasteiger partial charge in [0, 0.05) is 19.2 Å². The van der Waals surface area contributed by atoms with E-state index in [4.69, 9.17) is 9.47 Å². The average Bonchev–Trinajstić information content (AvgIpc) is 3.27. The Morgan fingerprint density at radius 3 is 2.24 bits per heavy atom. The smallest absolute Gasteiger partial charge is 0.286 e. The number of nitrogens with one attached hydrogen (secondary N) is 1. The Bertz CT molecular complexity index is 1200. The molecule has 11 heteroatoms. The topological polar surface area (TPSA) is 129 Å². The minimum atomic E-state index is -0.807. The van der Waals surface area contributed by atoms with Gasteiger partial charge in [-0.15, -0.1) is 0 Å². The number of methoxy groups -OCH3 is 2. The van der Waals surface area contributed by atoms with Crippen LogP contribution in [0.25, 0.3) is 5.69 Å². The van der Waals surface area contributed by atoms with Crippen LogP contribution < -0.4 is 14.8 Å². The molecular formula is C23H25N5O6. The second-order valence-electron chi connectivity index (χ2n) is 7.07. The van der Waals surface area contributed by atoms with Gasteiger partial charge in [-0.3, -0.25) is 19.7 Å². The number of nitro groups is 1. The van der Waals surface area contributed by atoms with Crippen molar-refractivity contribution in [2.45, 2.75) is 13.8 Å². The number of carbonyl (C=O) groups is 2. The van der Waals surface area contributed by atoms with Gasteiger partial charge < -0.3 is 19.7 Å². The third kappa shape index (κ3) is 4.68. The van der Waals surface area contributed by atoms with Crippen LogP contribution in [0.3, 0.4) is 0 Å². The van der Waals surface area contributed by atoms with E-state index in [2.05, 4.69) is 10.4 Å². The largest absolute Gasteiger partial charge is 0.493 e. The molecule has 0 unspecified atom stereocenters. The van der Waals surface area contributed by atoms with Crippen LogP contribution >= 0.6 is 0 Å². The molecule has 1 N–H and O–H groups in total. The summed E-state index contributed by atoms with van der Waals surface area (Å²) in [6, 6.07) is 11.2. The monoisotopic (exact) mass is 467 g/mol. The molecule has 0 spiro atoms. The van der Waals surface area contributed by atoms with Gasteiger partial charge in [-0.25, -0.2) is 4.68 Å². The molecule has 0 aliphatic heterocycles. The van der Waals surface area contributed by atoms with E-state index in [9.17, 15) is 19.7 Å². The van der Waals surface area contributed by atoms with E-state index < -0.39 is 16.5 Å². The van der Waals surface area contributed by atoms with E-state index in [1.54, 1.807) is 29.2 Å². The molecule has 0 fully saturated rings. The van der Waals surface area contributed by atoms with E-state index in [0.29, 0.717) is 18.8 Å². The van der Waals surface area contributed by atoms with E-state index >= 15 is 0 Å². The Kier molecular flexibility index (Phi) is 7.46. The number of nitro benzene ring substituents is 1. The van der Waals surface area contributed by atoms with Crippen molar-refractivity contribution in [3.63, 3.8) is 0 Å². The van der Waals surface area contributed by atoms with Crippen molar-refractivity contribution in [3.8, 4) is 17.2 Å². The number of anilines is 1. The van der Waals surface area contributed by atoms with Gasteiger partial charge >= 0.3 is 0 Å². The highest BCUT2D eigenvalue weighted by Gasteiger charge is 2.28. The highest BCUT2D eigenvalue weighted by atomic mass is 16.6. The Balaban J connectivity index is 2.13. The third-order valence-corrected chi connectivity index (χ3v) is 5.23. The number of para-hydroxylation sites is 1. The fourth-order valence-corrected chi connectivity index (χ4v) is 3.45. The van der Waals surface area contributed by atoms with Gasteiger partial charge in [0.05, 0.1) is 37.1 Å². The van der Waals surface area contributed by atoms with E-state index in [1.165, 1.54) is 31.2 Å². The number of hydrogen-bond donors (Lipinski definition) is 1. The summed E-state index contributed by atoms with van der Waals surface area (Å²) in [4.78, 5) is 39.0. The van der Waals surface area contributed by atoms with Crippen molar-refractivity contribution >= 4 is 23.3 Å².